The first-order valence-electron chi connectivity index (χ1n) is 14.5. The summed E-state index contributed by atoms with van der Waals surface area (Å²) < 4.78 is 10.2. The third kappa shape index (κ3) is 4.49. The molecule has 8 aromatic rings. The molecule has 0 atom stereocenters. The van der Waals surface area contributed by atoms with Crippen LogP contribution >= 0.6 is 0 Å². The summed E-state index contributed by atoms with van der Waals surface area (Å²) in [5.74, 6) is 0.909. The van der Waals surface area contributed by atoms with Crippen LogP contribution in [0.2, 0.25) is 0 Å². The van der Waals surface area contributed by atoms with Crippen LogP contribution in [0, 0.1) is 6.92 Å². The topological polar surface area (TPSA) is 19.1 Å². The summed E-state index contributed by atoms with van der Waals surface area (Å²) in [6, 6.07) is 51.3. The zero-order valence-electron chi connectivity index (χ0n) is 23.9. The van der Waals surface area contributed by atoms with E-state index in [1.165, 1.54) is 54.9 Å². The van der Waals surface area contributed by atoms with Gasteiger partial charge in [0.2, 0.25) is 0 Å². The van der Waals surface area contributed by atoms with Gasteiger partial charge in [0.25, 0.3) is 0 Å². The number of ether oxygens (including phenoxy) is 1. The van der Waals surface area contributed by atoms with E-state index in [0.29, 0.717) is 6.61 Å². The molecule has 3 nitrogen and oxygen atoms in total. The fourth-order valence-electron chi connectivity index (χ4n) is 5.95. The molecule has 42 heavy (non-hydrogen) atoms. The molecule has 204 valence electrons. The van der Waals surface area contributed by atoms with Gasteiger partial charge in [0.1, 0.15) is 5.75 Å². The van der Waals surface area contributed by atoms with Crippen molar-refractivity contribution in [1.82, 2.24) is 9.13 Å². The van der Waals surface area contributed by atoms with Crippen molar-refractivity contribution in [3.05, 3.63) is 151 Å². The lowest BCUT2D eigenvalue weighted by atomic mass is 10.2. The Labute approximate surface area is 245 Å². The van der Waals surface area contributed by atoms with E-state index in [1.807, 2.05) is 19.1 Å². The van der Waals surface area contributed by atoms with Crippen molar-refractivity contribution in [2.24, 2.45) is 0 Å². The molecular weight excluding hydrogens is 512 g/mol. The van der Waals surface area contributed by atoms with E-state index in [1.54, 1.807) is 0 Å². The van der Waals surface area contributed by atoms with Crippen molar-refractivity contribution in [2.45, 2.75) is 13.8 Å². The molecule has 0 aliphatic carbocycles. The lowest BCUT2D eigenvalue weighted by Crippen LogP contribution is -1.95. The predicted molar refractivity (Wildman–Crippen MR) is 177 cm³/mol. The lowest BCUT2D eigenvalue weighted by molar-refractivity contribution is 0.340. The van der Waals surface area contributed by atoms with Gasteiger partial charge in [-0.2, -0.15) is 0 Å². The molecule has 2 heterocycles. The quantitative estimate of drug-likeness (QED) is 0.216. The largest absolute Gasteiger partial charge is 0.494 e. The van der Waals surface area contributed by atoms with Crippen LogP contribution in [0.3, 0.4) is 0 Å². The van der Waals surface area contributed by atoms with Gasteiger partial charge in [-0.05, 0) is 74.5 Å². The van der Waals surface area contributed by atoms with Gasteiger partial charge in [-0.1, -0.05) is 90.5 Å². The highest BCUT2D eigenvalue weighted by atomic mass is 16.5. The van der Waals surface area contributed by atoms with Crippen LogP contribution < -0.4 is 4.74 Å². The number of fused-ring (bicyclic) bond motifs is 6. The molecule has 0 unspecified atom stereocenters. The molecule has 0 N–H and O–H groups in total. The summed E-state index contributed by atoms with van der Waals surface area (Å²) in [7, 11) is 0. The molecule has 0 saturated heterocycles. The number of rotatable bonds is 4. The van der Waals surface area contributed by atoms with Gasteiger partial charge in [0.05, 0.1) is 28.7 Å². The molecule has 0 fully saturated rings. The van der Waals surface area contributed by atoms with Crippen molar-refractivity contribution in [3.63, 3.8) is 0 Å². The van der Waals surface area contributed by atoms with Crippen LogP contribution in [-0.2, 0) is 0 Å². The number of hydrogen-bond acceptors (Lipinski definition) is 1. The van der Waals surface area contributed by atoms with E-state index < -0.39 is 0 Å². The van der Waals surface area contributed by atoms with E-state index in [2.05, 4.69) is 150 Å². The Kier molecular flexibility index (Phi) is 6.69. The van der Waals surface area contributed by atoms with E-state index >= 15 is 0 Å². The monoisotopic (exact) mass is 544 g/mol. The minimum Gasteiger partial charge on any atom is -0.494 e. The van der Waals surface area contributed by atoms with Crippen LogP contribution in [0.1, 0.15) is 12.5 Å². The van der Waals surface area contributed by atoms with Crippen molar-refractivity contribution < 1.29 is 4.74 Å². The first-order valence-corrected chi connectivity index (χ1v) is 14.5. The van der Waals surface area contributed by atoms with Gasteiger partial charge in [-0.25, -0.2) is 0 Å². The molecule has 0 bridgehead atoms. The zero-order valence-corrected chi connectivity index (χ0v) is 23.9. The summed E-state index contributed by atoms with van der Waals surface area (Å²) in [5, 5.41) is 5.19. The fraction of sp³-hybridized carbons (Fsp3) is 0.0769. The van der Waals surface area contributed by atoms with E-state index in [0.717, 1.165) is 11.4 Å². The summed E-state index contributed by atoms with van der Waals surface area (Å²) in [5.41, 5.74) is 8.64. The number of aromatic nitrogens is 2. The van der Waals surface area contributed by atoms with E-state index in [9.17, 15) is 0 Å². The number of benzene rings is 6. The van der Waals surface area contributed by atoms with Crippen LogP contribution in [0.15, 0.2) is 146 Å². The molecular formula is C39H32N2O. The maximum absolute atomic E-state index is 5.54. The van der Waals surface area contributed by atoms with Crippen molar-refractivity contribution in [1.29, 1.82) is 0 Å². The van der Waals surface area contributed by atoms with Gasteiger partial charge < -0.3 is 13.9 Å². The minimum absolute atomic E-state index is 0.689. The van der Waals surface area contributed by atoms with E-state index in [-0.39, 0.29) is 0 Å². The Bertz CT molecular complexity index is 2040. The number of nitrogens with zero attached hydrogens (tertiary/aromatic N) is 2. The highest BCUT2D eigenvalue weighted by Gasteiger charge is 2.12. The standard InChI is InChI=1S/C20H17NO.C19H15N/c1-2-22-16-13-11-15(12-14-16)21-19-9-5-3-7-17(19)18-8-4-6-10-20(18)21;1-14-10-12-15(13-11-14)20-18-8-4-2-6-16(18)17-7-3-5-9-19(17)20/h3-14H,2H2,1H3;2-13H,1H3. The van der Waals surface area contributed by atoms with Crippen LogP contribution in [0.4, 0.5) is 0 Å². The number of para-hydroxylation sites is 4. The SMILES string of the molecule is CCOc1ccc(-n2c3ccccc3c3ccccc32)cc1.Cc1ccc(-n2c3ccccc3c3ccccc32)cc1. The molecule has 0 amide bonds. The Morgan fingerprint density at radius 1 is 0.429 bits per heavy atom. The molecule has 0 spiro atoms. The highest BCUT2D eigenvalue weighted by molar-refractivity contribution is 6.10. The maximum Gasteiger partial charge on any atom is 0.119 e. The predicted octanol–water partition coefficient (Wildman–Crippen LogP) is 10.3. The Balaban J connectivity index is 0.000000138. The molecule has 2 aromatic heterocycles. The van der Waals surface area contributed by atoms with Crippen molar-refractivity contribution in [3.8, 4) is 17.1 Å². The Hall–Kier alpha value is -5.28. The van der Waals surface area contributed by atoms with Crippen LogP contribution in [0.25, 0.3) is 55.0 Å². The van der Waals surface area contributed by atoms with Gasteiger partial charge in [0, 0.05) is 32.9 Å². The highest BCUT2D eigenvalue weighted by Crippen LogP contribution is 2.33. The second-order valence-electron chi connectivity index (χ2n) is 10.5. The minimum atomic E-state index is 0.689. The maximum atomic E-state index is 5.54. The molecule has 6 aromatic carbocycles. The van der Waals surface area contributed by atoms with Gasteiger partial charge in [-0.15, -0.1) is 0 Å². The molecule has 8 rings (SSSR count). The van der Waals surface area contributed by atoms with Gasteiger partial charge >= 0.3 is 0 Å². The molecule has 0 aliphatic rings. The third-order valence-corrected chi connectivity index (χ3v) is 7.86. The summed E-state index contributed by atoms with van der Waals surface area (Å²) >= 11 is 0. The van der Waals surface area contributed by atoms with Crippen molar-refractivity contribution >= 4 is 43.6 Å². The smallest absolute Gasteiger partial charge is 0.119 e. The Morgan fingerprint density at radius 3 is 1.12 bits per heavy atom. The molecule has 0 radical (unpaired) electrons. The summed E-state index contributed by atoms with van der Waals surface area (Å²) in [6.07, 6.45) is 0. The molecule has 3 heteroatoms. The number of aryl methyl sites for hydroxylation is 1. The number of hydrogen-bond donors (Lipinski definition) is 0. The third-order valence-electron chi connectivity index (χ3n) is 7.86. The normalized spacial score (nSPS) is 11.2. The summed E-state index contributed by atoms with van der Waals surface area (Å²) in [4.78, 5) is 0. The first kappa shape index (κ1) is 25.7. The zero-order chi connectivity index (χ0) is 28.5. The average molecular weight is 545 g/mol. The fourth-order valence-corrected chi connectivity index (χ4v) is 5.95. The second kappa shape index (κ2) is 10.9. The van der Waals surface area contributed by atoms with Gasteiger partial charge in [-0.3, -0.25) is 0 Å². The first-order chi connectivity index (χ1) is 20.7. The second-order valence-corrected chi connectivity index (χ2v) is 10.5. The van der Waals surface area contributed by atoms with Crippen LogP contribution in [0.5, 0.6) is 5.75 Å². The van der Waals surface area contributed by atoms with Crippen molar-refractivity contribution in [2.75, 3.05) is 6.61 Å². The Morgan fingerprint density at radius 2 is 0.762 bits per heavy atom. The molecule has 0 aliphatic heterocycles. The lowest BCUT2D eigenvalue weighted by Gasteiger charge is -2.09. The van der Waals surface area contributed by atoms with Gasteiger partial charge in [0.15, 0.2) is 0 Å². The molecule has 0 saturated carbocycles. The van der Waals surface area contributed by atoms with E-state index in [4.69, 9.17) is 4.74 Å². The summed E-state index contributed by atoms with van der Waals surface area (Å²) in [6.45, 7) is 4.81. The van der Waals surface area contributed by atoms with Crippen LogP contribution in [-0.4, -0.2) is 15.7 Å². The average Bonchev–Trinajstić information content (AvgIpc) is 3.56.